The number of hydrogen-bond donors (Lipinski definition) is 3. The van der Waals surface area contributed by atoms with Crippen LogP contribution in [-0.4, -0.2) is 24.1 Å². The number of halogens is 1. The number of nitrogens with zero attached hydrogens (tertiary/aromatic N) is 3. The van der Waals surface area contributed by atoms with Crippen LogP contribution in [0, 0.1) is 11.3 Å². The quantitative estimate of drug-likeness (QED) is 0.335. The number of aromatic amines is 1. The number of nitrogens with one attached hydrogen (secondary N) is 3. The van der Waals surface area contributed by atoms with Gasteiger partial charge in [-0.25, -0.2) is 4.98 Å². The molecule has 0 atom stereocenters. The van der Waals surface area contributed by atoms with E-state index in [4.69, 9.17) is 11.6 Å². The van der Waals surface area contributed by atoms with Gasteiger partial charge in [0.05, 0.1) is 5.69 Å². The van der Waals surface area contributed by atoms with Crippen LogP contribution in [0.5, 0.6) is 0 Å². The predicted molar refractivity (Wildman–Crippen MR) is 138 cm³/mol. The number of benzene rings is 3. The number of H-pyrrole nitrogens is 1. The molecule has 3 N–H and O–H groups in total. The van der Waals surface area contributed by atoms with Crippen molar-refractivity contribution < 1.29 is 0 Å². The first kappa shape index (κ1) is 22.9. The topological polar surface area (TPSA) is 96.8 Å². The Morgan fingerprint density at radius 3 is 2.24 bits per heavy atom. The van der Waals surface area contributed by atoms with E-state index in [0.717, 1.165) is 16.9 Å². The second-order valence-corrected chi connectivity index (χ2v) is 8.31. The van der Waals surface area contributed by atoms with Crippen LogP contribution in [0.2, 0.25) is 5.02 Å². The first-order valence-corrected chi connectivity index (χ1v) is 11.0. The molecular weight excluding hydrogens is 448 g/mol. The number of rotatable bonds is 7. The van der Waals surface area contributed by atoms with Gasteiger partial charge in [0.15, 0.2) is 0 Å². The smallest absolute Gasteiger partial charge is 0.270 e. The van der Waals surface area contributed by atoms with E-state index in [-0.39, 0.29) is 11.5 Å². The van der Waals surface area contributed by atoms with Crippen molar-refractivity contribution in [2.24, 2.45) is 0 Å². The molecule has 0 bridgehead atoms. The van der Waals surface area contributed by atoms with Crippen molar-refractivity contribution in [3.05, 3.63) is 99.3 Å². The lowest BCUT2D eigenvalue weighted by atomic mass is 10.1. The summed E-state index contributed by atoms with van der Waals surface area (Å²) in [6, 6.07) is 24.8. The first-order chi connectivity index (χ1) is 16.4. The largest absolute Gasteiger partial charge is 0.381 e. The molecule has 34 heavy (non-hydrogen) atoms. The van der Waals surface area contributed by atoms with Gasteiger partial charge in [-0.2, -0.15) is 5.26 Å². The Labute approximate surface area is 202 Å². The maximum atomic E-state index is 12.5. The fourth-order valence-electron chi connectivity index (χ4n) is 3.38. The molecule has 170 valence electrons. The highest BCUT2D eigenvalue weighted by atomic mass is 35.5. The Morgan fingerprint density at radius 2 is 1.62 bits per heavy atom. The van der Waals surface area contributed by atoms with E-state index in [1.165, 1.54) is 0 Å². The van der Waals surface area contributed by atoms with E-state index in [1.807, 2.05) is 44.4 Å². The van der Waals surface area contributed by atoms with Crippen molar-refractivity contribution in [2.75, 3.05) is 29.6 Å². The van der Waals surface area contributed by atoms with Crippen LogP contribution in [0.1, 0.15) is 11.1 Å². The van der Waals surface area contributed by atoms with Gasteiger partial charge in [-0.1, -0.05) is 35.9 Å². The highest BCUT2D eigenvalue weighted by molar-refractivity contribution is 6.30. The third-order valence-electron chi connectivity index (χ3n) is 5.25. The Kier molecular flexibility index (Phi) is 6.81. The van der Waals surface area contributed by atoms with E-state index in [1.54, 1.807) is 24.3 Å². The van der Waals surface area contributed by atoms with Gasteiger partial charge in [-0.3, -0.25) is 9.78 Å². The van der Waals surface area contributed by atoms with Crippen LogP contribution < -0.4 is 21.1 Å². The van der Waals surface area contributed by atoms with E-state index < -0.39 is 5.56 Å². The molecule has 1 aromatic heterocycles. The molecule has 3 aromatic carbocycles. The molecule has 1 heterocycles. The summed E-state index contributed by atoms with van der Waals surface area (Å²) in [6.07, 6.45) is 0. The molecule has 0 aliphatic carbocycles. The van der Waals surface area contributed by atoms with Crippen molar-refractivity contribution in [3.63, 3.8) is 0 Å². The van der Waals surface area contributed by atoms with Crippen LogP contribution in [-0.2, 0) is 6.54 Å². The number of nitriles is 1. The van der Waals surface area contributed by atoms with Gasteiger partial charge in [0, 0.05) is 48.3 Å². The molecule has 0 fully saturated rings. The summed E-state index contributed by atoms with van der Waals surface area (Å²) >= 11 is 5.93. The van der Waals surface area contributed by atoms with Crippen LogP contribution in [0.25, 0.3) is 11.3 Å². The van der Waals surface area contributed by atoms with Crippen LogP contribution in [0.4, 0.5) is 23.0 Å². The Balaban J connectivity index is 1.52. The lowest BCUT2D eigenvalue weighted by molar-refractivity contribution is 1.11. The molecule has 8 heteroatoms. The van der Waals surface area contributed by atoms with Crippen molar-refractivity contribution in [1.82, 2.24) is 9.97 Å². The van der Waals surface area contributed by atoms with Gasteiger partial charge in [0.1, 0.15) is 11.6 Å². The molecule has 7 nitrogen and oxygen atoms in total. The Hall–Kier alpha value is -4.28. The minimum atomic E-state index is -0.507. The van der Waals surface area contributed by atoms with Crippen molar-refractivity contribution >= 4 is 34.6 Å². The summed E-state index contributed by atoms with van der Waals surface area (Å²) in [6.45, 7) is 0.676. The minimum absolute atomic E-state index is 0.0386. The molecule has 0 radical (unpaired) electrons. The van der Waals surface area contributed by atoms with Crippen molar-refractivity contribution in [3.8, 4) is 17.3 Å². The predicted octanol–water partition coefficient (Wildman–Crippen LogP) is 5.38. The summed E-state index contributed by atoms with van der Waals surface area (Å²) in [5.74, 6) is 0.240. The Morgan fingerprint density at radius 1 is 0.971 bits per heavy atom. The molecule has 0 aliphatic heterocycles. The molecule has 0 spiro atoms. The second kappa shape index (κ2) is 10.1. The molecule has 0 aliphatic rings. The average Bonchev–Trinajstić information content (AvgIpc) is 2.84. The highest BCUT2D eigenvalue weighted by Gasteiger charge is 2.14. The van der Waals surface area contributed by atoms with Gasteiger partial charge in [0.2, 0.25) is 5.95 Å². The third kappa shape index (κ3) is 5.37. The second-order valence-electron chi connectivity index (χ2n) is 7.87. The molecule has 0 saturated heterocycles. The van der Waals surface area contributed by atoms with Gasteiger partial charge in [0.25, 0.3) is 5.56 Å². The van der Waals surface area contributed by atoms with E-state index in [9.17, 15) is 10.1 Å². The summed E-state index contributed by atoms with van der Waals surface area (Å²) in [5, 5.41) is 16.6. The number of hydrogen-bond acceptors (Lipinski definition) is 6. The monoisotopic (exact) mass is 470 g/mol. The van der Waals surface area contributed by atoms with Crippen LogP contribution in [0.15, 0.2) is 77.6 Å². The fourth-order valence-corrected chi connectivity index (χ4v) is 3.50. The molecule has 0 amide bonds. The van der Waals surface area contributed by atoms with Gasteiger partial charge in [-0.05, 0) is 54.1 Å². The Bertz CT molecular complexity index is 1370. The summed E-state index contributed by atoms with van der Waals surface area (Å²) < 4.78 is 0. The van der Waals surface area contributed by atoms with Crippen molar-refractivity contribution in [1.29, 1.82) is 5.26 Å². The summed E-state index contributed by atoms with van der Waals surface area (Å²) in [4.78, 5) is 21.7. The number of aromatic nitrogens is 2. The van der Waals surface area contributed by atoms with Gasteiger partial charge >= 0.3 is 0 Å². The lowest BCUT2D eigenvalue weighted by Gasteiger charge is -2.13. The van der Waals surface area contributed by atoms with E-state index in [0.29, 0.717) is 28.5 Å². The standard InChI is InChI=1S/C26H23ClN6O/c1-33(2)22-13-3-17(4-14-22)16-29-20-9-5-18(6-10-20)24-23(15-28)25(34)32-26(31-24)30-21-11-7-19(27)8-12-21/h3-14,29H,16H2,1-2H3,(H2,30,31,32,34). The zero-order valence-electron chi connectivity index (χ0n) is 18.8. The average molecular weight is 471 g/mol. The van der Waals surface area contributed by atoms with E-state index in [2.05, 4.69) is 49.8 Å². The van der Waals surface area contributed by atoms with Crippen molar-refractivity contribution in [2.45, 2.75) is 6.54 Å². The van der Waals surface area contributed by atoms with E-state index >= 15 is 0 Å². The lowest BCUT2D eigenvalue weighted by Crippen LogP contribution is -2.16. The zero-order valence-corrected chi connectivity index (χ0v) is 19.5. The van der Waals surface area contributed by atoms with Gasteiger partial charge < -0.3 is 15.5 Å². The highest BCUT2D eigenvalue weighted by Crippen LogP contribution is 2.24. The van der Waals surface area contributed by atoms with Crippen LogP contribution in [0.3, 0.4) is 0 Å². The normalized spacial score (nSPS) is 10.4. The zero-order chi connectivity index (χ0) is 24.1. The minimum Gasteiger partial charge on any atom is -0.381 e. The maximum Gasteiger partial charge on any atom is 0.270 e. The molecule has 0 unspecified atom stereocenters. The molecule has 4 aromatic rings. The molecular formula is C26H23ClN6O. The summed E-state index contributed by atoms with van der Waals surface area (Å²) in [5.41, 5.74) is 4.38. The fraction of sp³-hybridized carbons (Fsp3) is 0.115. The maximum absolute atomic E-state index is 12.5. The van der Waals surface area contributed by atoms with Crippen LogP contribution >= 0.6 is 11.6 Å². The third-order valence-corrected chi connectivity index (χ3v) is 5.50. The number of anilines is 4. The molecule has 4 rings (SSSR count). The molecule has 0 saturated carbocycles. The summed E-state index contributed by atoms with van der Waals surface area (Å²) in [7, 11) is 4.03. The SMILES string of the molecule is CN(C)c1ccc(CNc2ccc(-c3nc(Nc4ccc(Cl)cc4)[nH]c(=O)c3C#N)cc2)cc1. The van der Waals surface area contributed by atoms with Gasteiger partial charge in [-0.15, -0.1) is 0 Å². The first-order valence-electron chi connectivity index (χ1n) is 10.6.